The number of methoxy groups -OCH3 is 1. The number of ketones is 1. The van der Waals surface area contributed by atoms with Gasteiger partial charge in [0.2, 0.25) is 5.91 Å². The van der Waals surface area contributed by atoms with Crippen molar-refractivity contribution in [3.05, 3.63) is 83.7 Å². The molecule has 1 aromatic heterocycles. The number of benzene rings is 2. The number of amides is 1. The highest BCUT2D eigenvalue weighted by Crippen LogP contribution is 2.40. The van der Waals surface area contributed by atoms with E-state index >= 15 is 0 Å². The predicted octanol–water partition coefficient (Wildman–Crippen LogP) is 3.30. The van der Waals surface area contributed by atoms with Crippen molar-refractivity contribution < 1.29 is 14.3 Å². The number of carbonyl (C=O) groups is 2. The lowest BCUT2D eigenvalue weighted by Crippen LogP contribution is -2.32. The van der Waals surface area contributed by atoms with E-state index in [9.17, 15) is 14.9 Å². The largest absolute Gasteiger partial charge is 0.496 e. The van der Waals surface area contributed by atoms with Crippen LogP contribution >= 0.6 is 0 Å². The lowest BCUT2D eigenvalue weighted by molar-refractivity contribution is -0.124. The zero-order valence-corrected chi connectivity index (χ0v) is 20.7. The summed E-state index contributed by atoms with van der Waals surface area (Å²) >= 11 is 0. The Morgan fingerprint density at radius 1 is 1.03 bits per heavy atom. The Bertz CT molecular complexity index is 1340. The Hall–Kier alpha value is -4.58. The van der Waals surface area contributed by atoms with Crippen LogP contribution in [0, 0.1) is 11.3 Å². The van der Waals surface area contributed by atoms with Crippen molar-refractivity contribution in [2.75, 3.05) is 31.0 Å². The summed E-state index contributed by atoms with van der Waals surface area (Å²) in [6.45, 7) is 0. The van der Waals surface area contributed by atoms with E-state index in [2.05, 4.69) is 16.4 Å². The van der Waals surface area contributed by atoms with E-state index in [1.807, 2.05) is 84.0 Å². The number of imidazole rings is 1. The molecule has 4 rings (SSSR count). The van der Waals surface area contributed by atoms with E-state index in [1.54, 1.807) is 19.5 Å². The van der Waals surface area contributed by atoms with Crippen molar-refractivity contribution >= 4 is 23.1 Å². The van der Waals surface area contributed by atoms with Crippen molar-refractivity contribution in [2.24, 2.45) is 7.05 Å². The SMILES string of the molecule is COc1ccccc1C(NC(=O)CCC(=O)C(C#N)=C1N(C)c2ccccc2N1C)c1nccn1C. The third kappa shape index (κ3) is 4.53. The zero-order valence-electron chi connectivity index (χ0n) is 20.7. The summed E-state index contributed by atoms with van der Waals surface area (Å²) in [5, 5.41) is 12.8. The van der Waals surface area contributed by atoms with Gasteiger partial charge in [0.1, 0.15) is 35.1 Å². The fraction of sp³-hybridized carbons (Fsp3) is 0.259. The van der Waals surface area contributed by atoms with Gasteiger partial charge in [-0.05, 0) is 18.2 Å². The topological polar surface area (TPSA) is 103 Å². The van der Waals surface area contributed by atoms with Crippen LogP contribution in [-0.4, -0.2) is 42.4 Å². The minimum Gasteiger partial charge on any atom is -0.496 e. The smallest absolute Gasteiger partial charge is 0.221 e. The number of nitrogens with zero attached hydrogens (tertiary/aromatic N) is 5. The molecule has 9 nitrogen and oxygen atoms in total. The molecule has 0 saturated heterocycles. The summed E-state index contributed by atoms with van der Waals surface area (Å²) in [6.07, 6.45) is 3.28. The van der Waals surface area contributed by atoms with Gasteiger partial charge < -0.3 is 24.4 Å². The van der Waals surface area contributed by atoms with Crippen LogP contribution in [0.5, 0.6) is 5.75 Å². The van der Waals surface area contributed by atoms with Gasteiger partial charge in [-0.25, -0.2) is 4.98 Å². The first kappa shape index (κ1) is 24.5. The normalized spacial score (nSPS) is 13.1. The standard InChI is InChI=1S/C27H28N6O3/c1-31-16-15-29-26(31)25(18-9-5-8-12-23(18)36-4)30-24(35)14-13-22(34)19(17-28)27-32(2)20-10-6-7-11-21(20)33(27)3/h5-12,15-16,25H,13-14H2,1-4H3,(H,30,35). The molecule has 2 aromatic carbocycles. The molecule has 1 amide bonds. The first-order valence-electron chi connectivity index (χ1n) is 11.5. The van der Waals surface area contributed by atoms with E-state index in [-0.39, 0.29) is 30.1 Å². The second kappa shape index (κ2) is 10.4. The molecule has 0 radical (unpaired) electrons. The van der Waals surface area contributed by atoms with E-state index in [4.69, 9.17) is 4.74 Å². The number of carbonyl (C=O) groups excluding carboxylic acids is 2. The molecule has 1 aliphatic heterocycles. The number of aromatic nitrogens is 2. The minimum atomic E-state index is -0.570. The van der Waals surface area contributed by atoms with Crippen molar-refractivity contribution in [3.63, 3.8) is 0 Å². The van der Waals surface area contributed by atoms with Crippen molar-refractivity contribution in [1.82, 2.24) is 14.9 Å². The summed E-state index contributed by atoms with van der Waals surface area (Å²) < 4.78 is 7.32. The minimum absolute atomic E-state index is 0.0226. The molecule has 36 heavy (non-hydrogen) atoms. The number of aryl methyl sites for hydroxylation is 1. The number of ether oxygens (including phenoxy) is 1. The molecule has 0 aliphatic carbocycles. The lowest BCUT2D eigenvalue weighted by Gasteiger charge is -2.21. The molecular weight excluding hydrogens is 456 g/mol. The average Bonchev–Trinajstić information content (AvgIpc) is 3.43. The predicted molar refractivity (Wildman–Crippen MR) is 136 cm³/mol. The maximum Gasteiger partial charge on any atom is 0.221 e. The quantitative estimate of drug-likeness (QED) is 0.386. The van der Waals surface area contributed by atoms with Crippen molar-refractivity contribution in [2.45, 2.75) is 18.9 Å². The number of Topliss-reactive ketones (excluding diaryl/α,β-unsaturated/α-hetero) is 1. The maximum atomic E-state index is 13.1. The van der Waals surface area contributed by atoms with Gasteiger partial charge in [0.25, 0.3) is 0 Å². The molecular formula is C27H28N6O3. The zero-order chi connectivity index (χ0) is 25.8. The third-order valence-corrected chi connectivity index (χ3v) is 6.31. The first-order chi connectivity index (χ1) is 17.4. The van der Waals surface area contributed by atoms with Gasteiger partial charge in [-0.15, -0.1) is 0 Å². The molecule has 2 heterocycles. The van der Waals surface area contributed by atoms with Gasteiger partial charge in [-0.3, -0.25) is 9.59 Å². The van der Waals surface area contributed by atoms with Gasteiger partial charge >= 0.3 is 0 Å². The first-order valence-corrected chi connectivity index (χ1v) is 11.5. The van der Waals surface area contributed by atoms with Crippen LogP contribution in [-0.2, 0) is 16.6 Å². The third-order valence-electron chi connectivity index (χ3n) is 6.31. The fourth-order valence-electron chi connectivity index (χ4n) is 4.48. The number of fused-ring (bicyclic) bond motifs is 1. The molecule has 0 spiro atoms. The van der Waals surface area contributed by atoms with Gasteiger partial charge in [0, 0.05) is 51.9 Å². The molecule has 3 aromatic rings. The van der Waals surface area contributed by atoms with Crippen molar-refractivity contribution in [1.29, 1.82) is 5.26 Å². The van der Waals surface area contributed by atoms with Gasteiger partial charge in [-0.2, -0.15) is 5.26 Å². The number of hydrogen-bond acceptors (Lipinski definition) is 7. The highest BCUT2D eigenvalue weighted by molar-refractivity contribution is 6.03. The number of anilines is 2. The molecule has 0 fully saturated rings. The van der Waals surface area contributed by atoms with Gasteiger partial charge in [0.15, 0.2) is 5.78 Å². The van der Waals surface area contributed by atoms with Crippen LogP contribution in [0.15, 0.2) is 72.3 Å². The molecule has 1 unspecified atom stereocenters. The van der Waals surface area contributed by atoms with E-state index in [1.165, 1.54) is 0 Å². The van der Waals surface area contributed by atoms with Crippen LogP contribution in [0.1, 0.15) is 30.3 Å². The van der Waals surface area contributed by atoms with Crippen LogP contribution < -0.4 is 19.9 Å². The van der Waals surface area contributed by atoms with Crippen LogP contribution in [0.25, 0.3) is 0 Å². The number of para-hydroxylation sites is 3. The average molecular weight is 485 g/mol. The number of nitriles is 1. The fourth-order valence-corrected chi connectivity index (χ4v) is 4.48. The van der Waals surface area contributed by atoms with E-state index < -0.39 is 6.04 Å². The Morgan fingerprint density at radius 2 is 1.67 bits per heavy atom. The molecule has 184 valence electrons. The molecule has 1 atom stereocenters. The summed E-state index contributed by atoms with van der Waals surface area (Å²) in [7, 11) is 7.05. The van der Waals surface area contributed by atoms with Crippen LogP contribution in [0.2, 0.25) is 0 Å². The highest BCUT2D eigenvalue weighted by Gasteiger charge is 2.31. The van der Waals surface area contributed by atoms with Crippen LogP contribution in [0.3, 0.4) is 0 Å². The number of allylic oxidation sites excluding steroid dienone is 1. The molecule has 9 heteroatoms. The summed E-state index contributed by atoms with van der Waals surface area (Å²) in [5.41, 5.74) is 2.58. The van der Waals surface area contributed by atoms with E-state index in [0.29, 0.717) is 17.4 Å². The lowest BCUT2D eigenvalue weighted by atomic mass is 10.0. The maximum absolute atomic E-state index is 13.1. The Kier molecular flexibility index (Phi) is 7.06. The Morgan fingerprint density at radius 3 is 2.25 bits per heavy atom. The Labute approximate surface area is 210 Å². The second-order valence-corrected chi connectivity index (χ2v) is 8.48. The van der Waals surface area contributed by atoms with Gasteiger partial charge in [0.05, 0.1) is 18.5 Å². The van der Waals surface area contributed by atoms with Gasteiger partial charge in [-0.1, -0.05) is 30.3 Å². The number of nitrogens with one attached hydrogen (secondary N) is 1. The monoisotopic (exact) mass is 484 g/mol. The second-order valence-electron chi connectivity index (χ2n) is 8.48. The highest BCUT2D eigenvalue weighted by atomic mass is 16.5. The summed E-state index contributed by atoms with van der Waals surface area (Å²) in [6, 6.07) is 16.6. The van der Waals surface area contributed by atoms with Crippen LogP contribution in [0.4, 0.5) is 11.4 Å². The number of hydrogen-bond donors (Lipinski definition) is 1. The molecule has 1 N–H and O–H groups in total. The number of rotatable bonds is 8. The summed E-state index contributed by atoms with van der Waals surface area (Å²) in [4.78, 5) is 34.2. The van der Waals surface area contributed by atoms with E-state index in [0.717, 1.165) is 16.9 Å². The van der Waals surface area contributed by atoms with Crippen molar-refractivity contribution in [3.8, 4) is 11.8 Å². The molecule has 1 aliphatic rings. The summed E-state index contributed by atoms with van der Waals surface area (Å²) in [5.74, 6) is 1.03. The Balaban J connectivity index is 1.52. The molecule has 0 bridgehead atoms. The molecule has 0 saturated carbocycles.